The molecule has 1 unspecified atom stereocenters. The van der Waals surface area contributed by atoms with Crippen LogP contribution >= 0.6 is 0 Å². The maximum atomic E-state index is 5.55. The summed E-state index contributed by atoms with van der Waals surface area (Å²) in [6, 6.07) is 2.18. The molecule has 16 heavy (non-hydrogen) atoms. The molecule has 1 N–H and O–H groups in total. The molecule has 0 saturated heterocycles. The third kappa shape index (κ3) is 1.71. The Hall–Kier alpha value is -1.02. The van der Waals surface area contributed by atoms with Crippen LogP contribution in [-0.4, -0.2) is 13.7 Å². The fraction of sp³-hybridized carbons (Fsp3) is 0.571. The number of benzene rings is 1. The highest BCUT2D eigenvalue weighted by molar-refractivity contribution is 5.51. The van der Waals surface area contributed by atoms with E-state index in [0.717, 1.165) is 18.8 Å². The Balaban J connectivity index is 2.62. The van der Waals surface area contributed by atoms with Gasteiger partial charge in [0.15, 0.2) is 0 Å². The van der Waals surface area contributed by atoms with Gasteiger partial charge < -0.3 is 10.1 Å². The van der Waals surface area contributed by atoms with Gasteiger partial charge in [0.05, 0.1) is 7.11 Å². The summed E-state index contributed by atoms with van der Waals surface area (Å²) in [6.07, 6.45) is 1.17. The van der Waals surface area contributed by atoms with Crippen LogP contribution in [0.2, 0.25) is 0 Å². The molecule has 1 aromatic carbocycles. The number of hydrogen-bond donors (Lipinski definition) is 1. The molecule has 0 amide bonds. The second-order valence-electron chi connectivity index (χ2n) is 4.65. The minimum Gasteiger partial charge on any atom is -0.496 e. The van der Waals surface area contributed by atoms with Crippen molar-refractivity contribution in [2.45, 2.75) is 39.7 Å². The molecule has 0 spiro atoms. The highest BCUT2D eigenvalue weighted by Gasteiger charge is 2.24. The zero-order valence-corrected chi connectivity index (χ0v) is 10.7. The van der Waals surface area contributed by atoms with E-state index in [1.54, 1.807) is 7.11 Å². The monoisotopic (exact) mass is 219 g/mol. The molecular formula is C14H21NO. The molecule has 2 rings (SSSR count). The van der Waals surface area contributed by atoms with E-state index in [1.165, 1.54) is 28.7 Å². The molecule has 0 aliphatic carbocycles. The molecule has 2 heteroatoms. The Morgan fingerprint density at radius 1 is 1.44 bits per heavy atom. The normalized spacial score (nSPS) is 19.4. The maximum absolute atomic E-state index is 5.55. The minimum atomic E-state index is 0.595. The van der Waals surface area contributed by atoms with Gasteiger partial charge in [-0.3, -0.25) is 0 Å². The van der Waals surface area contributed by atoms with Crippen molar-refractivity contribution in [3.05, 3.63) is 28.3 Å². The van der Waals surface area contributed by atoms with Crippen molar-refractivity contribution in [3.63, 3.8) is 0 Å². The van der Waals surface area contributed by atoms with Crippen LogP contribution in [0.15, 0.2) is 6.07 Å². The molecule has 0 aromatic heterocycles. The largest absolute Gasteiger partial charge is 0.496 e. The topological polar surface area (TPSA) is 21.3 Å². The van der Waals surface area contributed by atoms with E-state index in [-0.39, 0.29) is 0 Å². The molecule has 0 radical (unpaired) electrons. The van der Waals surface area contributed by atoms with Gasteiger partial charge in [-0.1, -0.05) is 6.92 Å². The summed E-state index contributed by atoms with van der Waals surface area (Å²) in [7, 11) is 1.78. The van der Waals surface area contributed by atoms with E-state index in [2.05, 4.69) is 32.2 Å². The predicted octanol–water partition coefficient (Wildman–Crippen LogP) is 2.91. The molecule has 1 aromatic rings. The third-order valence-electron chi connectivity index (χ3n) is 3.80. The van der Waals surface area contributed by atoms with Crippen molar-refractivity contribution in [2.24, 2.45) is 0 Å². The highest BCUT2D eigenvalue weighted by Crippen LogP contribution is 2.37. The molecular weight excluding hydrogens is 198 g/mol. The summed E-state index contributed by atoms with van der Waals surface area (Å²) in [5.41, 5.74) is 5.64. The van der Waals surface area contributed by atoms with Crippen molar-refractivity contribution in [1.82, 2.24) is 5.32 Å². The standard InChI is InChI=1S/C14H21NO/c1-5-11-7-15-8-12-10(3)9(2)6-13(16-4)14(11)12/h6,11,15H,5,7-8H2,1-4H3. The Kier molecular flexibility index (Phi) is 3.20. The second kappa shape index (κ2) is 4.46. The number of aryl methyl sites for hydroxylation is 1. The lowest BCUT2D eigenvalue weighted by Crippen LogP contribution is -2.29. The van der Waals surface area contributed by atoms with Gasteiger partial charge in [0.1, 0.15) is 5.75 Å². The van der Waals surface area contributed by atoms with Gasteiger partial charge in [-0.25, -0.2) is 0 Å². The smallest absolute Gasteiger partial charge is 0.122 e. The van der Waals surface area contributed by atoms with E-state index in [1.807, 2.05) is 0 Å². The molecule has 0 fully saturated rings. The lowest BCUT2D eigenvalue weighted by atomic mass is 9.84. The molecule has 1 aliphatic rings. The first-order valence-electron chi connectivity index (χ1n) is 6.06. The fourth-order valence-corrected chi connectivity index (χ4v) is 2.64. The Labute approximate surface area is 98.0 Å². The van der Waals surface area contributed by atoms with Gasteiger partial charge in [0, 0.05) is 24.6 Å². The minimum absolute atomic E-state index is 0.595. The average molecular weight is 219 g/mol. The first-order chi connectivity index (χ1) is 7.69. The summed E-state index contributed by atoms with van der Waals surface area (Å²) in [6.45, 7) is 8.68. The summed E-state index contributed by atoms with van der Waals surface area (Å²) in [5.74, 6) is 1.67. The number of fused-ring (bicyclic) bond motifs is 1. The zero-order chi connectivity index (χ0) is 11.7. The molecule has 88 valence electrons. The zero-order valence-electron chi connectivity index (χ0n) is 10.7. The van der Waals surface area contributed by atoms with Crippen LogP contribution in [0, 0.1) is 13.8 Å². The van der Waals surface area contributed by atoms with E-state index in [9.17, 15) is 0 Å². The molecule has 2 nitrogen and oxygen atoms in total. The van der Waals surface area contributed by atoms with Crippen LogP contribution < -0.4 is 10.1 Å². The van der Waals surface area contributed by atoms with Crippen molar-refractivity contribution >= 4 is 0 Å². The van der Waals surface area contributed by atoms with Gasteiger partial charge in [0.25, 0.3) is 0 Å². The van der Waals surface area contributed by atoms with Gasteiger partial charge in [-0.2, -0.15) is 0 Å². The summed E-state index contributed by atoms with van der Waals surface area (Å²) in [4.78, 5) is 0. The van der Waals surface area contributed by atoms with Gasteiger partial charge >= 0.3 is 0 Å². The van der Waals surface area contributed by atoms with E-state index in [4.69, 9.17) is 4.74 Å². The van der Waals surface area contributed by atoms with Gasteiger partial charge in [0.2, 0.25) is 0 Å². The first-order valence-corrected chi connectivity index (χ1v) is 6.06. The lowest BCUT2D eigenvalue weighted by Gasteiger charge is -2.29. The first kappa shape index (κ1) is 11.5. The molecule has 1 heterocycles. The van der Waals surface area contributed by atoms with Crippen molar-refractivity contribution in [3.8, 4) is 5.75 Å². The third-order valence-corrected chi connectivity index (χ3v) is 3.80. The Morgan fingerprint density at radius 3 is 2.81 bits per heavy atom. The molecule has 1 atom stereocenters. The van der Waals surface area contributed by atoms with Crippen LogP contribution in [0.5, 0.6) is 5.75 Å². The van der Waals surface area contributed by atoms with Crippen LogP contribution in [-0.2, 0) is 6.54 Å². The highest BCUT2D eigenvalue weighted by atomic mass is 16.5. The van der Waals surface area contributed by atoms with Gasteiger partial charge in [-0.05, 0) is 43.0 Å². The van der Waals surface area contributed by atoms with E-state index < -0.39 is 0 Å². The summed E-state index contributed by atoms with van der Waals surface area (Å²) >= 11 is 0. The predicted molar refractivity (Wildman–Crippen MR) is 67.2 cm³/mol. The number of nitrogens with one attached hydrogen (secondary N) is 1. The number of hydrogen-bond acceptors (Lipinski definition) is 2. The van der Waals surface area contributed by atoms with Crippen molar-refractivity contribution in [1.29, 1.82) is 0 Å². The van der Waals surface area contributed by atoms with Crippen molar-refractivity contribution < 1.29 is 4.74 Å². The van der Waals surface area contributed by atoms with Crippen LogP contribution in [0.4, 0.5) is 0 Å². The van der Waals surface area contributed by atoms with Crippen LogP contribution in [0.3, 0.4) is 0 Å². The number of ether oxygens (including phenoxy) is 1. The molecule has 0 saturated carbocycles. The van der Waals surface area contributed by atoms with E-state index in [0.29, 0.717) is 5.92 Å². The lowest BCUT2D eigenvalue weighted by molar-refractivity contribution is 0.395. The Morgan fingerprint density at radius 2 is 2.19 bits per heavy atom. The average Bonchev–Trinajstić information content (AvgIpc) is 2.32. The van der Waals surface area contributed by atoms with Crippen LogP contribution in [0.25, 0.3) is 0 Å². The quantitative estimate of drug-likeness (QED) is 0.825. The Bertz CT molecular complexity index is 398. The molecule has 1 aliphatic heterocycles. The number of rotatable bonds is 2. The summed E-state index contributed by atoms with van der Waals surface area (Å²) in [5, 5.41) is 3.51. The second-order valence-corrected chi connectivity index (χ2v) is 4.65. The summed E-state index contributed by atoms with van der Waals surface area (Å²) < 4.78 is 5.55. The number of methoxy groups -OCH3 is 1. The molecule has 0 bridgehead atoms. The van der Waals surface area contributed by atoms with Crippen LogP contribution in [0.1, 0.15) is 41.5 Å². The van der Waals surface area contributed by atoms with Crippen molar-refractivity contribution in [2.75, 3.05) is 13.7 Å². The maximum Gasteiger partial charge on any atom is 0.122 e. The van der Waals surface area contributed by atoms with Gasteiger partial charge in [-0.15, -0.1) is 0 Å². The fourth-order valence-electron chi connectivity index (χ4n) is 2.64. The SMILES string of the molecule is CCC1CNCc2c(C)c(C)cc(OC)c21. The van der Waals surface area contributed by atoms with E-state index >= 15 is 0 Å².